The van der Waals surface area contributed by atoms with Crippen LogP contribution in [0.5, 0.6) is 0 Å². The zero-order chi connectivity index (χ0) is 10.4. The van der Waals surface area contributed by atoms with Crippen LogP contribution in [-0.2, 0) is 6.42 Å². The summed E-state index contributed by atoms with van der Waals surface area (Å²) in [6.07, 6.45) is 3.58. The van der Waals surface area contributed by atoms with Crippen molar-refractivity contribution in [1.29, 1.82) is 0 Å². The average molecular weight is 193 g/mol. The summed E-state index contributed by atoms with van der Waals surface area (Å²) in [5.41, 5.74) is 8.05. The van der Waals surface area contributed by atoms with Crippen LogP contribution in [0.2, 0.25) is 0 Å². The predicted molar refractivity (Wildman–Crippen MR) is 59.1 cm³/mol. The molecule has 0 fully saturated rings. The van der Waals surface area contributed by atoms with Gasteiger partial charge in [-0.15, -0.1) is 0 Å². The van der Waals surface area contributed by atoms with E-state index in [0.717, 1.165) is 12.0 Å². The highest BCUT2D eigenvalue weighted by Crippen LogP contribution is 2.12. The maximum absolute atomic E-state index is 8.87. The van der Waals surface area contributed by atoms with Crippen molar-refractivity contribution < 1.29 is 5.11 Å². The molecule has 0 amide bonds. The molecule has 0 spiro atoms. The fourth-order valence-electron chi connectivity index (χ4n) is 1.42. The second kappa shape index (κ2) is 5.78. The predicted octanol–water partition coefficient (Wildman–Crippen LogP) is 2.02. The molecule has 0 aromatic heterocycles. The van der Waals surface area contributed by atoms with Gasteiger partial charge in [0.05, 0.1) is 12.6 Å². The van der Waals surface area contributed by atoms with E-state index in [9.17, 15) is 0 Å². The molecule has 0 heterocycles. The van der Waals surface area contributed by atoms with Gasteiger partial charge in [0, 0.05) is 0 Å². The molecule has 14 heavy (non-hydrogen) atoms. The average Bonchev–Trinajstić information content (AvgIpc) is 2.26. The molecule has 1 aromatic carbocycles. The van der Waals surface area contributed by atoms with E-state index < -0.39 is 0 Å². The summed E-state index contributed by atoms with van der Waals surface area (Å²) in [4.78, 5) is 0. The molecular formula is C12H19NO. The van der Waals surface area contributed by atoms with Crippen LogP contribution in [0.1, 0.15) is 36.9 Å². The molecule has 0 aliphatic carbocycles. The van der Waals surface area contributed by atoms with Crippen LogP contribution in [-0.4, -0.2) is 11.7 Å². The summed E-state index contributed by atoms with van der Waals surface area (Å²) >= 11 is 0. The number of aliphatic hydroxyl groups excluding tert-OH is 1. The van der Waals surface area contributed by atoms with Gasteiger partial charge in [-0.25, -0.2) is 0 Å². The SMILES string of the molecule is CCCCc1ccc([C@H](N)CO)cc1. The number of benzene rings is 1. The minimum absolute atomic E-state index is 0.00824. The third-order valence-corrected chi connectivity index (χ3v) is 2.42. The third-order valence-electron chi connectivity index (χ3n) is 2.42. The minimum Gasteiger partial charge on any atom is -0.394 e. The summed E-state index contributed by atoms with van der Waals surface area (Å²) in [5.74, 6) is 0. The Labute approximate surface area is 85.8 Å². The molecule has 0 bridgehead atoms. The standard InChI is InChI=1S/C12H19NO/c1-2-3-4-10-5-7-11(8-6-10)12(13)9-14/h5-8,12,14H,2-4,9,13H2,1H3/t12-/m1/s1. The number of hydrogen-bond acceptors (Lipinski definition) is 2. The first-order chi connectivity index (χ1) is 6.77. The molecule has 0 saturated heterocycles. The van der Waals surface area contributed by atoms with Gasteiger partial charge < -0.3 is 10.8 Å². The number of unbranched alkanes of at least 4 members (excludes halogenated alkanes) is 1. The van der Waals surface area contributed by atoms with Gasteiger partial charge >= 0.3 is 0 Å². The number of rotatable bonds is 5. The Balaban J connectivity index is 2.59. The van der Waals surface area contributed by atoms with Gasteiger partial charge in [-0.3, -0.25) is 0 Å². The fourth-order valence-corrected chi connectivity index (χ4v) is 1.42. The van der Waals surface area contributed by atoms with Crippen LogP contribution in [0.3, 0.4) is 0 Å². The summed E-state index contributed by atoms with van der Waals surface area (Å²) in [7, 11) is 0. The molecule has 2 heteroatoms. The van der Waals surface area contributed by atoms with E-state index in [2.05, 4.69) is 19.1 Å². The first-order valence-corrected chi connectivity index (χ1v) is 5.23. The normalized spacial score (nSPS) is 12.8. The number of aryl methyl sites for hydroxylation is 1. The second-order valence-electron chi connectivity index (χ2n) is 3.63. The second-order valence-corrected chi connectivity index (χ2v) is 3.63. The van der Waals surface area contributed by atoms with Crippen molar-refractivity contribution in [2.45, 2.75) is 32.2 Å². The van der Waals surface area contributed by atoms with Gasteiger partial charge in [0.2, 0.25) is 0 Å². The Morgan fingerprint density at radius 3 is 2.43 bits per heavy atom. The van der Waals surface area contributed by atoms with Crippen LogP contribution in [0.15, 0.2) is 24.3 Å². The zero-order valence-corrected chi connectivity index (χ0v) is 8.74. The largest absolute Gasteiger partial charge is 0.394 e. The van der Waals surface area contributed by atoms with Crippen molar-refractivity contribution in [1.82, 2.24) is 0 Å². The van der Waals surface area contributed by atoms with Gasteiger partial charge in [0.1, 0.15) is 0 Å². The first-order valence-electron chi connectivity index (χ1n) is 5.23. The topological polar surface area (TPSA) is 46.2 Å². The Morgan fingerprint density at radius 1 is 1.29 bits per heavy atom. The van der Waals surface area contributed by atoms with E-state index in [-0.39, 0.29) is 12.6 Å². The molecule has 1 aromatic rings. The van der Waals surface area contributed by atoms with Crippen molar-refractivity contribution in [2.24, 2.45) is 5.73 Å². The summed E-state index contributed by atoms with van der Waals surface area (Å²) < 4.78 is 0. The van der Waals surface area contributed by atoms with Gasteiger partial charge in [0.15, 0.2) is 0 Å². The number of nitrogens with two attached hydrogens (primary N) is 1. The van der Waals surface area contributed by atoms with Gasteiger partial charge in [-0.1, -0.05) is 37.6 Å². The van der Waals surface area contributed by atoms with Crippen LogP contribution in [0.4, 0.5) is 0 Å². The van der Waals surface area contributed by atoms with Crippen LogP contribution < -0.4 is 5.73 Å². The Kier molecular flexibility index (Phi) is 4.63. The number of hydrogen-bond donors (Lipinski definition) is 2. The van der Waals surface area contributed by atoms with E-state index in [1.54, 1.807) is 0 Å². The number of aliphatic hydroxyl groups is 1. The monoisotopic (exact) mass is 193 g/mol. The third kappa shape index (κ3) is 3.13. The molecule has 0 aliphatic heterocycles. The van der Waals surface area contributed by atoms with Gasteiger partial charge in [0.25, 0.3) is 0 Å². The van der Waals surface area contributed by atoms with Crippen LogP contribution in [0, 0.1) is 0 Å². The first kappa shape index (κ1) is 11.2. The molecule has 3 N–H and O–H groups in total. The van der Waals surface area contributed by atoms with Crippen LogP contribution in [0.25, 0.3) is 0 Å². The lowest BCUT2D eigenvalue weighted by Crippen LogP contribution is -2.14. The van der Waals surface area contributed by atoms with E-state index in [1.807, 2.05) is 12.1 Å². The highest BCUT2D eigenvalue weighted by atomic mass is 16.3. The van der Waals surface area contributed by atoms with E-state index in [0.29, 0.717) is 0 Å². The molecule has 0 aliphatic rings. The molecular weight excluding hydrogens is 174 g/mol. The van der Waals surface area contributed by atoms with Crippen molar-refractivity contribution in [3.8, 4) is 0 Å². The Morgan fingerprint density at radius 2 is 1.93 bits per heavy atom. The van der Waals surface area contributed by atoms with E-state index in [4.69, 9.17) is 10.8 Å². The molecule has 1 atom stereocenters. The smallest absolute Gasteiger partial charge is 0.0624 e. The van der Waals surface area contributed by atoms with Crippen molar-refractivity contribution in [3.63, 3.8) is 0 Å². The molecule has 78 valence electrons. The Bertz CT molecular complexity index is 256. The van der Waals surface area contributed by atoms with E-state index in [1.165, 1.54) is 18.4 Å². The lowest BCUT2D eigenvalue weighted by atomic mass is 10.0. The minimum atomic E-state index is -0.241. The van der Waals surface area contributed by atoms with Gasteiger partial charge in [-0.2, -0.15) is 0 Å². The van der Waals surface area contributed by atoms with Gasteiger partial charge in [-0.05, 0) is 24.0 Å². The molecule has 0 unspecified atom stereocenters. The summed E-state index contributed by atoms with van der Waals surface area (Å²) in [5, 5.41) is 8.87. The quantitative estimate of drug-likeness (QED) is 0.751. The van der Waals surface area contributed by atoms with E-state index >= 15 is 0 Å². The summed E-state index contributed by atoms with van der Waals surface area (Å²) in [6, 6.07) is 7.97. The summed E-state index contributed by atoms with van der Waals surface area (Å²) in [6.45, 7) is 2.20. The molecule has 1 rings (SSSR count). The Hall–Kier alpha value is -0.860. The maximum Gasteiger partial charge on any atom is 0.0624 e. The lowest BCUT2D eigenvalue weighted by Gasteiger charge is -2.08. The van der Waals surface area contributed by atoms with Crippen molar-refractivity contribution in [2.75, 3.05) is 6.61 Å². The van der Waals surface area contributed by atoms with Crippen molar-refractivity contribution in [3.05, 3.63) is 35.4 Å². The maximum atomic E-state index is 8.87. The molecule has 0 saturated carbocycles. The highest BCUT2D eigenvalue weighted by molar-refractivity contribution is 5.24. The fraction of sp³-hybridized carbons (Fsp3) is 0.500. The zero-order valence-electron chi connectivity index (χ0n) is 8.74. The van der Waals surface area contributed by atoms with Crippen molar-refractivity contribution >= 4 is 0 Å². The van der Waals surface area contributed by atoms with Crippen LogP contribution >= 0.6 is 0 Å². The molecule has 2 nitrogen and oxygen atoms in total. The lowest BCUT2D eigenvalue weighted by molar-refractivity contribution is 0.268. The molecule has 0 radical (unpaired) electrons. The highest BCUT2D eigenvalue weighted by Gasteiger charge is 2.02.